The van der Waals surface area contributed by atoms with Crippen LogP contribution in [-0.2, 0) is 25.6 Å². The number of hydrogen-bond donors (Lipinski definition) is 1. The van der Waals surface area contributed by atoms with Crippen molar-refractivity contribution in [2.45, 2.75) is 51.9 Å². The molecule has 2 aromatic rings. The highest BCUT2D eigenvalue weighted by Gasteiger charge is 2.45. The van der Waals surface area contributed by atoms with Crippen molar-refractivity contribution < 1.29 is 27.2 Å². The predicted molar refractivity (Wildman–Crippen MR) is 121 cm³/mol. The fourth-order valence-electron chi connectivity index (χ4n) is 3.78. The number of benzene rings is 1. The molecule has 2 heterocycles. The first-order valence-electron chi connectivity index (χ1n) is 10.8. The predicted octanol–water partition coefficient (Wildman–Crippen LogP) is 2.35. The van der Waals surface area contributed by atoms with Gasteiger partial charge in [0.05, 0.1) is 25.6 Å². The molecule has 1 N–H and O–H groups in total. The number of aromatic nitrogens is 3. The number of piperidine rings is 1. The summed E-state index contributed by atoms with van der Waals surface area (Å²) in [7, 11) is -3.72. The SMILES string of the molecule is CC(C)(C)OC(=O)N1CCC(COS(C)(=O)=O)(C(O)c2cn(Cc3ccccc3)nn2)CC1. The van der Waals surface area contributed by atoms with Crippen molar-refractivity contribution >= 4 is 16.2 Å². The molecular formula is C22H32N4O6S. The van der Waals surface area contributed by atoms with E-state index in [0.717, 1.165) is 11.8 Å². The average molecular weight is 481 g/mol. The first kappa shape index (κ1) is 25.1. The lowest BCUT2D eigenvalue weighted by Gasteiger charge is -2.43. The Morgan fingerprint density at radius 3 is 2.42 bits per heavy atom. The smallest absolute Gasteiger partial charge is 0.410 e. The highest BCUT2D eigenvalue weighted by Crippen LogP contribution is 2.43. The third-order valence-corrected chi connectivity index (χ3v) is 6.12. The van der Waals surface area contributed by atoms with Crippen LogP contribution in [0.1, 0.15) is 51.0 Å². The highest BCUT2D eigenvalue weighted by molar-refractivity contribution is 7.85. The molecule has 1 aliphatic rings. The second-order valence-electron chi connectivity index (χ2n) is 9.53. The minimum absolute atomic E-state index is 0.222. The van der Waals surface area contributed by atoms with E-state index in [4.69, 9.17) is 8.92 Å². The van der Waals surface area contributed by atoms with Gasteiger partial charge in [0.15, 0.2) is 0 Å². The summed E-state index contributed by atoms with van der Waals surface area (Å²) in [4.78, 5) is 14.0. The van der Waals surface area contributed by atoms with Gasteiger partial charge in [0.1, 0.15) is 17.4 Å². The molecule has 3 rings (SSSR count). The Labute approximate surface area is 194 Å². The fourth-order valence-corrected chi connectivity index (χ4v) is 4.23. The summed E-state index contributed by atoms with van der Waals surface area (Å²) in [6.07, 6.45) is 1.69. The standard InChI is InChI=1S/C22H32N4O6S/c1-21(2,3)32-20(28)25-12-10-22(11-13-25,16-31-33(4,29)30)19(27)18-15-26(24-23-18)14-17-8-6-5-7-9-17/h5-9,15,19,27H,10-14,16H2,1-4H3. The van der Waals surface area contributed by atoms with Crippen molar-refractivity contribution in [2.24, 2.45) is 5.41 Å². The molecule has 0 bridgehead atoms. The second-order valence-corrected chi connectivity index (χ2v) is 11.2. The number of amides is 1. The first-order valence-corrected chi connectivity index (χ1v) is 12.6. The lowest BCUT2D eigenvalue weighted by atomic mass is 9.73. The van der Waals surface area contributed by atoms with Crippen LogP contribution in [0.3, 0.4) is 0 Å². The third kappa shape index (κ3) is 6.99. The van der Waals surface area contributed by atoms with E-state index in [1.54, 1.807) is 36.5 Å². The zero-order valence-electron chi connectivity index (χ0n) is 19.5. The first-order chi connectivity index (χ1) is 15.4. The topological polar surface area (TPSA) is 124 Å². The largest absolute Gasteiger partial charge is 0.444 e. The Bertz CT molecular complexity index is 1040. The van der Waals surface area contributed by atoms with Gasteiger partial charge in [0.2, 0.25) is 0 Å². The maximum atomic E-state index is 12.4. The molecule has 0 spiro atoms. The number of nitrogens with zero attached hydrogens (tertiary/aromatic N) is 4. The van der Waals surface area contributed by atoms with Gasteiger partial charge in [-0.3, -0.25) is 4.18 Å². The number of ether oxygens (including phenoxy) is 1. The Kier molecular flexibility index (Phi) is 7.45. The van der Waals surface area contributed by atoms with Crippen LogP contribution in [0.2, 0.25) is 0 Å². The summed E-state index contributed by atoms with van der Waals surface area (Å²) in [5.41, 5.74) is -0.213. The Hall–Kier alpha value is -2.50. The lowest BCUT2D eigenvalue weighted by molar-refractivity contribution is -0.0581. The number of likely N-dealkylation sites (tertiary alicyclic amines) is 1. The second kappa shape index (κ2) is 9.78. The van der Waals surface area contributed by atoms with Crippen molar-refractivity contribution in [3.8, 4) is 0 Å². The number of carbonyl (C=O) groups is 1. The van der Waals surface area contributed by atoms with Crippen molar-refractivity contribution in [3.63, 3.8) is 0 Å². The molecule has 0 radical (unpaired) electrons. The van der Waals surface area contributed by atoms with Crippen LogP contribution in [0, 0.1) is 5.41 Å². The molecule has 1 unspecified atom stereocenters. The van der Waals surface area contributed by atoms with Crippen molar-refractivity contribution in [1.82, 2.24) is 19.9 Å². The van der Waals surface area contributed by atoms with Crippen LogP contribution < -0.4 is 0 Å². The molecule has 1 aromatic carbocycles. The van der Waals surface area contributed by atoms with E-state index >= 15 is 0 Å². The van der Waals surface area contributed by atoms with E-state index in [9.17, 15) is 18.3 Å². The monoisotopic (exact) mass is 480 g/mol. The minimum Gasteiger partial charge on any atom is -0.444 e. The fraction of sp³-hybridized carbons (Fsp3) is 0.591. The molecule has 1 amide bonds. The Morgan fingerprint density at radius 2 is 1.85 bits per heavy atom. The molecule has 1 fully saturated rings. The van der Waals surface area contributed by atoms with Crippen LogP contribution in [0.4, 0.5) is 4.79 Å². The number of carbonyl (C=O) groups excluding carboxylic acids is 1. The van der Waals surface area contributed by atoms with E-state index in [1.807, 2.05) is 30.3 Å². The zero-order valence-corrected chi connectivity index (χ0v) is 20.3. The molecule has 11 heteroatoms. The summed E-state index contributed by atoms with van der Waals surface area (Å²) < 4.78 is 35.6. The van der Waals surface area contributed by atoms with Gasteiger partial charge in [0, 0.05) is 18.5 Å². The van der Waals surface area contributed by atoms with Crippen molar-refractivity contribution in [1.29, 1.82) is 0 Å². The molecule has 33 heavy (non-hydrogen) atoms. The van der Waals surface area contributed by atoms with Gasteiger partial charge >= 0.3 is 6.09 Å². The Morgan fingerprint density at radius 1 is 1.21 bits per heavy atom. The van der Waals surface area contributed by atoms with Crippen LogP contribution in [0.25, 0.3) is 0 Å². The van der Waals surface area contributed by atoms with Crippen LogP contribution in [0.5, 0.6) is 0 Å². The van der Waals surface area contributed by atoms with Gasteiger partial charge in [-0.05, 0) is 39.2 Å². The van der Waals surface area contributed by atoms with E-state index < -0.39 is 33.3 Å². The summed E-state index contributed by atoms with van der Waals surface area (Å²) in [5.74, 6) is 0. The minimum atomic E-state index is -3.72. The summed E-state index contributed by atoms with van der Waals surface area (Å²) >= 11 is 0. The van der Waals surface area contributed by atoms with Gasteiger partial charge in [0.25, 0.3) is 10.1 Å². The molecule has 10 nitrogen and oxygen atoms in total. The highest BCUT2D eigenvalue weighted by atomic mass is 32.2. The van der Waals surface area contributed by atoms with E-state index in [2.05, 4.69) is 10.3 Å². The van der Waals surface area contributed by atoms with Gasteiger partial charge in [-0.15, -0.1) is 5.10 Å². The summed E-state index contributed by atoms with van der Waals surface area (Å²) in [6.45, 7) is 6.22. The van der Waals surface area contributed by atoms with Crippen molar-refractivity contribution in [3.05, 3.63) is 47.8 Å². The molecule has 1 aromatic heterocycles. The number of rotatable bonds is 7. The molecular weight excluding hydrogens is 448 g/mol. The molecule has 1 aliphatic heterocycles. The quantitative estimate of drug-likeness (QED) is 0.599. The van der Waals surface area contributed by atoms with E-state index in [-0.39, 0.29) is 19.7 Å². The summed E-state index contributed by atoms with van der Waals surface area (Å²) in [6, 6.07) is 9.71. The van der Waals surface area contributed by atoms with Crippen molar-refractivity contribution in [2.75, 3.05) is 26.0 Å². The van der Waals surface area contributed by atoms with Gasteiger partial charge in [-0.2, -0.15) is 8.42 Å². The van der Waals surface area contributed by atoms with Gasteiger partial charge < -0.3 is 14.7 Å². The molecule has 1 atom stereocenters. The number of aliphatic hydroxyl groups excluding tert-OH is 1. The number of aliphatic hydroxyl groups is 1. The third-order valence-electron chi connectivity index (χ3n) is 5.58. The van der Waals surface area contributed by atoms with Crippen LogP contribution in [0.15, 0.2) is 36.5 Å². The van der Waals surface area contributed by atoms with E-state index in [0.29, 0.717) is 25.1 Å². The zero-order chi connectivity index (χ0) is 24.3. The normalized spacial score (nSPS) is 17.5. The van der Waals surface area contributed by atoms with Crippen LogP contribution in [-0.4, -0.2) is 71.1 Å². The molecule has 1 saturated heterocycles. The molecule has 0 saturated carbocycles. The Balaban J connectivity index is 1.76. The maximum absolute atomic E-state index is 12.4. The van der Waals surface area contributed by atoms with Crippen LogP contribution >= 0.6 is 0 Å². The van der Waals surface area contributed by atoms with Gasteiger partial charge in [-0.25, -0.2) is 9.48 Å². The maximum Gasteiger partial charge on any atom is 0.410 e. The molecule has 0 aliphatic carbocycles. The number of hydrogen-bond acceptors (Lipinski definition) is 8. The lowest BCUT2D eigenvalue weighted by Crippen LogP contribution is -2.49. The molecule has 182 valence electrons. The summed E-state index contributed by atoms with van der Waals surface area (Å²) in [5, 5.41) is 19.5. The van der Waals surface area contributed by atoms with Gasteiger partial charge in [-0.1, -0.05) is 35.5 Å². The van der Waals surface area contributed by atoms with E-state index in [1.165, 1.54) is 0 Å². The average Bonchev–Trinajstić information content (AvgIpc) is 3.19.